The third kappa shape index (κ3) is 5.46. The largest absolute Gasteiger partial charge is 0.465 e. The van der Waals surface area contributed by atoms with E-state index in [0.29, 0.717) is 50.0 Å². The summed E-state index contributed by atoms with van der Waals surface area (Å²) in [5.74, 6) is -0.171. The third-order valence-corrected chi connectivity index (χ3v) is 8.54. The number of halogens is 2. The van der Waals surface area contributed by atoms with Gasteiger partial charge in [-0.3, -0.25) is 29.8 Å². The highest BCUT2D eigenvalue weighted by Crippen LogP contribution is 2.56. The highest BCUT2D eigenvalue weighted by molar-refractivity contribution is 9.11. The van der Waals surface area contributed by atoms with Gasteiger partial charge in [-0.2, -0.15) is 0 Å². The number of hydrogen-bond acceptors (Lipinski definition) is 8. The first-order valence-electron chi connectivity index (χ1n) is 12.9. The zero-order valence-electron chi connectivity index (χ0n) is 22.7. The molecule has 0 amide bonds. The van der Waals surface area contributed by atoms with Crippen LogP contribution in [0.1, 0.15) is 64.9 Å². The standard InChI is InChI=1S/C29H26Br2N2O8/c1-28(2)10-19(34)25-22(12-28)40-23-13-29(3,4)11-20(35)26(23)24(25)16-7-14(30)8-17(31)27(16)41-21-6-5-15(32(36)37)9-18(21)33(38)39/h5-9,24H,10-13H2,1-4H3. The summed E-state index contributed by atoms with van der Waals surface area (Å²) < 4.78 is 13.5. The minimum Gasteiger partial charge on any atom is -0.465 e. The van der Waals surface area contributed by atoms with Crippen LogP contribution in [0, 0.1) is 31.1 Å². The van der Waals surface area contributed by atoms with E-state index in [1.807, 2.05) is 27.7 Å². The van der Waals surface area contributed by atoms with Gasteiger partial charge in [0.05, 0.1) is 26.3 Å². The molecule has 0 unspecified atom stereocenters. The minimum atomic E-state index is -0.832. The average Bonchev–Trinajstić information content (AvgIpc) is 2.82. The molecule has 0 saturated carbocycles. The smallest absolute Gasteiger partial charge is 0.318 e. The van der Waals surface area contributed by atoms with Crippen LogP contribution in [0.5, 0.6) is 11.5 Å². The van der Waals surface area contributed by atoms with Crippen LogP contribution in [0.2, 0.25) is 0 Å². The second-order valence-electron chi connectivity index (χ2n) is 12.2. The van der Waals surface area contributed by atoms with Crippen LogP contribution in [0.25, 0.3) is 0 Å². The third-order valence-electron chi connectivity index (χ3n) is 7.49. The summed E-state index contributed by atoms with van der Waals surface area (Å²) in [4.78, 5) is 49.1. The fourth-order valence-corrected chi connectivity index (χ4v) is 7.19. The summed E-state index contributed by atoms with van der Waals surface area (Å²) in [5, 5.41) is 23.1. The molecular weight excluding hydrogens is 664 g/mol. The molecule has 41 heavy (non-hydrogen) atoms. The number of nitro benzene ring substituents is 2. The van der Waals surface area contributed by atoms with E-state index in [9.17, 15) is 29.8 Å². The van der Waals surface area contributed by atoms with Crippen molar-refractivity contribution in [2.24, 2.45) is 10.8 Å². The summed E-state index contributed by atoms with van der Waals surface area (Å²) >= 11 is 7.00. The topological polar surface area (TPSA) is 139 Å². The summed E-state index contributed by atoms with van der Waals surface area (Å²) in [5.41, 5.74) is -0.555. The van der Waals surface area contributed by atoms with Gasteiger partial charge >= 0.3 is 5.69 Å². The Hall–Kier alpha value is -3.38. The van der Waals surface area contributed by atoms with Crippen LogP contribution in [0.15, 0.2) is 61.9 Å². The number of ether oxygens (including phenoxy) is 2. The van der Waals surface area contributed by atoms with Gasteiger partial charge in [-0.15, -0.1) is 0 Å². The molecule has 5 rings (SSSR count). The Balaban J connectivity index is 1.75. The SMILES string of the molecule is CC1(C)CC(=O)C2=C(C1)OC1=C(C(=O)CC(C)(C)C1)C2c1cc(Br)cc(Br)c1Oc1ccc([N+](=O)[O-])cc1[N+](=O)[O-]. The molecule has 0 spiro atoms. The van der Waals surface area contributed by atoms with Crippen molar-refractivity contribution in [2.75, 3.05) is 0 Å². The molecule has 3 aliphatic rings. The van der Waals surface area contributed by atoms with Crippen LogP contribution in [0.3, 0.4) is 0 Å². The predicted molar refractivity (Wildman–Crippen MR) is 156 cm³/mol. The molecule has 0 fully saturated rings. The number of nitrogens with zero attached hydrogens (tertiary/aromatic N) is 2. The molecular formula is C29H26Br2N2O8. The molecule has 0 atom stereocenters. The number of carbonyl (C=O) groups is 2. The van der Waals surface area contributed by atoms with Crippen LogP contribution in [-0.2, 0) is 14.3 Å². The fraction of sp³-hybridized carbons (Fsp3) is 0.379. The molecule has 214 valence electrons. The quantitative estimate of drug-likeness (QED) is 0.226. The Morgan fingerprint density at radius 1 is 0.854 bits per heavy atom. The number of carbonyl (C=O) groups excluding carboxylic acids is 2. The Kier molecular flexibility index (Phi) is 7.22. The maximum Gasteiger partial charge on any atom is 0.318 e. The normalized spacial score (nSPS) is 19.9. The zero-order valence-corrected chi connectivity index (χ0v) is 25.9. The monoisotopic (exact) mass is 688 g/mol. The molecule has 0 radical (unpaired) electrons. The lowest BCUT2D eigenvalue weighted by Gasteiger charge is -2.43. The Morgan fingerprint density at radius 2 is 1.41 bits per heavy atom. The number of ketones is 2. The van der Waals surface area contributed by atoms with Crippen molar-refractivity contribution in [3.63, 3.8) is 0 Å². The van der Waals surface area contributed by atoms with E-state index in [2.05, 4.69) is 31.9 Å². The van der Waals surface area contributed by atoms with Crippen LogP contribution < -0.4 is 4.74 Å². The number of Topliss-reactive ketones (excluding diaryl/α,β-unsaturated/α-hetero) is 2. The summed E-state index contributed by atoms with van der Waals surface area (Å²) in [6, 6.07) is 6.51. The lowest BCUT2D eigenvalue weighted by molar-refractivity contribution is -0.394. The van der Waals surface area contributed by atoms with Gasteiger partial charge in [0.15, 0.2) is 11.6 Å². The van der Waals surface area contributed by atoms with Gasteiger partial charge in [0, 0.05) is 52.9 Å². The first-order chi connectivity index (χ1) is 19.1. The summed E-state index contributed by atoms with van der Waals surface area (Å²) in [6.07, 6.45) is 1.50. The first kappa shape index (κ1) is 29.1. The summed E-state index contributed by atoms with van der Waals surface area (Å²) in [7, 11) is 0. The number of benzene rings is 2. The van der Waals surface area contributed by atoms with E-state index in [1.54, 1.807) is 12.1 Å². The van der Waals surface area contributed by atoms with E-state index in [4.69, 9.17) is 9.47 Å². The Morgan fingerprint density at radius 3 is 1.93 bits per heavy atom. The van der Waals surface area contributed by atoms with Crippen molar-refractivity contribution in [3.8, 4) is 11.5 Å². The van der Waals surface area contributed by atoms with E-state index >= 15 is 0 Å². The van der Waals surface area contributed by atoms with Crippen LogP contribution >= 0.6 is 31.9 Å². The molecule has 1 aliphatic heterocycles. The van der Waals surface area contributed by atoms with Gasteiger partial charge in [-0.25, -0.2) is 0 Å². The first-order valence-corrected chi connectivity index (χ1v) is 14.5. The highest BCUT2D eigenvalue weighted by Gasteiger charge is 2.48. The second kappa shape index (κ2) is 10.2. The molecule has 0 saturated heterocycles. The fourth-order valence-electron chi connectivity index (χ4n) is 5.85. The number of nitro groups is 2. The number of non-ortho nitro benzene ring substituents is 1. The lowest BCUT2D eigenvalue weighted by Crippen LogP contribution is -2.37. The number of allylic oxidation sites excluding steroid dienone is 4. The van der Waals surface area contributed by atoms with E-state index in [0.717, 1.165) is 18.2 Å². The van der Waals surface area contributed by atoms with Gasteiger partial charge in [0.25, 0.3) is 5.69 Å². The van der Waals surface area contributed by atoms with E-state index in [-0.39, 0.29) is 46.7 Å². The van der Waals surface area contributed by atoms with Crippen molar-refractivity contribution in [2.45, 2.75) is 59.3 Å². The van der Waals surface area contributed by atoms with Gasteiger partial charge in [0.2, 0.25) is 5.75 Å². The molecule has 0 N–H and O–H groups in total. The average molecular weight is 690 g/mol. The lowest BCUT2D eigenvalue weighted by atomic mass is 9.65. The van der Waals surface area contributed by atoms with Gasteiger partial charge < -0.3 is 9.47 Å². The van der Waals surface area contributed by atoms with Crippen molar-refractivity contribution < 1.29 is 28.9 Å². The number of hydrogen-bond donors (Lipinski definition) is 0. The second-order valence-corrected chi connectivity index (χ2v) is 13.9. The van der Waals surface area contributed by atoms with Gasteiger partial charge in [-0.05, 0) is 45.0 Å². The molecule has 12 heteroatoms. The molecule has 2 aromatic rings. The van der Waals surface area contributed by atoms with Crippen molar-refractivity contribution >= 4 is 54.8 Å². The molecule has 0 aromatic heterocycles. The molecule has 2 aliphatic carbocycles. The predicted octanol–water partition coefficient (Wildman–Crippen LogP) is 8.22. The molecule has 1 heterocycles. The van der Waals surface area contributed by atoms with Crippen LogP contribution in [-0.4, -0.2) is 21.4 Å². The maximum absolute atomic E-state index is 13.7. The van der Waals surface area contributed by atoms with E-state index < -0.39 is 27.1 Å². The maximum atomic E-state index is 13.7. The zero-order chi connectivity index (χ0) is 30.0. The van der Waals surface area contributed by atoms with Crippen LogP contribution in [0.4, 0.5) is 11.4 Å². The molecule has 2 aromatic carbocycles. The highest BCUT2D eigenvalue weighted by atomic mass is 79.9. The van der Waals surface area contributed by atoms with Crippen molar-refractivity contribution in [1.82, 2.24) is 0 Å². The molecule has 10 nitrogen and oxygen atoms in total. The van der Waals surface area contributed by atoms with Crippen molar-refractivity contribution in [3.05, 3.63) is 87.7 Å². The molecule has 0 bridgehead atoms. The van der Waals surface area contributed by atoms with Gasteiger partial charge in [-0.1, -0.05) is 43.6 Å². The van der Waals surface area contributed by atoms with Crippen molar-refractivity contribution in [1.29, 1.82) is 0 Å². The van der Waals surface area contributed by atoms with E-state index in [1.165, 1.54) is 0 Å². The summed E-state index contributed by atoms with van der Waals surface area (Å²) in [6.45, 7) is 7.96. The minimum absolute atomic E-state index is 0.144. The Labute approximate surface area is 252 Å². The van der Waals surface area contributed by atoms with Gasteiger partial charge in [0.1, 0.15) is 17.3 Å². The number of rotatable bonds is 5. The Bertz CT molecular complexity index is 1570.